The Bertz CT molecular complexity index is 1060. The number of rotatable bonds is 7. The molecule has 1 aromatic heterocycles. The summed E-state index contributed by atoms with van der Waals surface area (Å²) in [5.41, 5.74) is 3.73. The molecule has 1 aliphatic heterocycles. The fourth-order valence-corrected chi connectivity index (χ4v) is 3.93. The molecule has 30 heavy (non-hydrogen) atoms. The molecule has 0 saturated carbocycles. The van der Waals surface area contributed by atoms with Crippen LogP contribution in [0, 0.1) is 10.1 Å². The van der Waals surface area contributed by atoms with Crippen LogP contribution in [0.3, 0.4) is 0 Å². The topological polar surface area (TPSA) is 95.4 Å². The third kappa shape index (κ3) is 3.57. The van der Waals surface area contributed by atoms with Crippen LogP contribution in [0.5, 0.6) is 0 Å². The molecule has 8 heteroatoms. The second-order valence-corrected chi connectivity index (χ2v) is 7.63. The van der Waals surface area contributed by atoms with Crippen LogP contribution in [0.25, 0.3) is 11.3 Å². The highest BCUT2D eigenvalue weighted by Gasteiger charge is 2.41. The number of nitrogens with one attached hydrogen (secondary N) is 1. The summed E-state index contributed by atoms with van der Waals surface area (Å²) < 4.78 is 0. The fourth-order valence-electron chi connectivity index (χ4n) is 3.93. The maximum absolute atomic E-state index is 13.2. The van der Waals surface area contributed by atoms with Gasteiger partial charge in [0, 0.05) is 29.8 Å². The summed E-state index contributed by atoms with van der Waals surface area (Å²) in [5.74, 6) is -0.0710. The van der Waals surface area contributed by atoms with Crippen molar-refractivity contribution < 1.29 is 9.72 Å². The number of fused-ring (bicyclic) bond motifs is 1. The van der Waals surface area contributed by atoms with E-state index in [1.54, 1.807) is 12.1 Å². The molecule has 1 N–H and O–H groups in total. The second kappa shape index (κ2) is 8.08. The number of benzene rings is 2. The summed E-state index contributed by atoms with van der Waals surface area (Å²) in [5, 5.41) is 18.3. The predicted octanol–water partition coefficient (Wildman–Crippen LogP) is 3.48. The van der Waals surface area contributed by atoms with Crippen LogP contribution in [0.4, 0.5) is 5.69 Å². The van der Waals surface area contributed by atoms with Gasteiger partial charge in [0.1, 0.15) is 5.69 Å². The molecule has 8 nitrogen and oxygen atoms in total. The highest BCUT2D eigenvalue weighted by Crippen LogP contribution is 2.42. The summed E-state index contributed by atoms with van der Waals surface area (Å²) in [6.45, 7) is 1.51. The van der Waals surface area contributed by atoms with E-state index in [1.165, 1.54) is 12.1 Å². The number of carbonyl (C=O) groups excluding carboxylic acids is 1. The normalized spacial score (nSPS) is 15.6. The average Bonchev–Trinajstić information content (AvgIpc) is 3.28. The molecular formula is C22H23N5O3. The molecule has 2 aromatic carbocycles. The molecule has 4 rings (SSSR count). The third-order valence-corrected chi connectivity index (χ3v) is 5.34. The molecular weight excluding hydrogens is 382 g/mol. The first-order chi connectivity index (χ1) is 14.5. The van der Waals surface area contributed by atoms with E-state index in [9.17, 15) is 14.9 Å². The van der Waals surface area contributed by atoms with E-state index in [0.29, 0.717) is 17.9 Å². The summed E-state index contributed by atoms with van der Waals surface area (Å²) in [6.07, 6.45) is 0.854. The molecule has 3 aromatic rings. The summed E-state index contributed by atoms with van der Waals surface area (Å²) >= 11 is 0. The van der Waals surface area contributed by atoms with Gasteiger partial charge in [0.2, 0.25) is 0 Å². The number of nitrogens with zero attached hydrogens (tertiary/aromatic N) is 4. The maximum Gasteiger partial charge on any atom is 0.273 e. The molecule has 0 aliphatic carbocycles. The first kappa shape index (κ1) is 19.8. The number of non-ortho nitro benzene ring substituents is 1. The molecule has 154 valence electrons. The van der Waals surface area contributed by atoms with Crippen molar-refractivity contribution in [2.45, 2.75) is 12.5 Å². The van der Waals surface area contributed by atoms with Crippen LogP contribution in [0.2, 0.25) is 0 Å². The van der Waals surface area contributed by atoms with Gasteiger partial charge in [0.05, 0.1) is 16.7 Å². The number of hydrogen-bond acceptors (Lipinski definition) is 5. The van der Waals surface area contributed by atoms with Crippen LogP contribution in [-0.2, 0) is 0 Å². The van der Waals surface area contributed by atoms with Crippen molar-refractivity contribution in [1.29, 1.82) is 0 Å². The average molecular weight is 405 g/mol. The van der Waals surface area contributed by atoms with Crippen molar-refractivity contribution in [1.82, 2.24) is 20.0 Å². The Morgan fingerprint density at radius 1 is 1.13 bits per heavy atom. The zero-order valence-corrected chi connectivity index (χ0v) is 16.9. The van der Waals surface area contributed by atoms with Crippen molar-refractivity contribution >= 4 is 11.6 Å². The molecule has 2 heterocycles. The van der Waals surface area contributed by atoms with E-state index in [-0.39, 0.29) is 17.6 Å². The van der Waals surface area contributed by atoms with Gasteiger partial charge in [-0.05, 0) is 44.8 Å². The Hall–Kier alpha value is -3.52. The van der Waals surface area contributed by atoms with Crippen molar-refractivity contribution in [2.75, 3.05) is 27.2 Å². The Morgan fingerprint density at radius 3 is 2.47 bits per heavy atom. The van der Waals surface area contributed by atoms with Gasteiger partial charge in [0.15, 0.2) is 0 Å². The van der Waals surface area contributed by atoms with E-state index in [4.69, 9.17) is 0 Å². The Kier molecular flexibility index (Phi) is 5.33. The lowest BCUT2D eigenvalue weighted by molar-refractivity contribution is -0.384. The molecule has 0 saturated heterocycles. The zero-order chi connectivity index (χ0) is 21.3. The van der Waals surface area contributed by atoms with Gasteiger partial charge in [-0.2, -0.15) is 5.10 Å². The predicted molar refractivity (Wildman–Crippen MR) is 113 cm³/mol. The number of H-pyrrole nitrogens is 1. The first-order valence-electron chi connectivity index (χ1n) is 9.81. The molecule has 0 spiro atoms. The van der Waals surface area contributed by atoms with Gasteiger partial charge < -0.3 is 9.80 Å². The fraction of sp³-hybridized carbons (Fsp3) is 0.273. The minimum atomic E-state index is -0.429. The van der Waals surface area contributed by atoms with E-state index >= 15 is 0 Å². The highest BCUT2D eigenvalue weighted by atomic mass is 16.6. The summed E-state index contributed by atoms with van der Waals surface area (Å²) in [6, 6.07) is 15.9. The lowest BCUT2D eigenvalue weighted by Gasteiger charge is -2.27. The molecule has 1 atom stereocenters. The SMILES string of the molecule is CN(C)CCCN1C(=O)c2[nH]nc(-c3ccc([N+](=O)[O-])cc3)c2C1c1ccccc1. The van der Waals surface area contributed by atoms with Gasteiger partial charge >= 0.3 is 0 Å². The summed E-state index contributed by atoms with van der Waals surface area (Å²) in [7, 11) is 4.03. The van der Waals surface area contributed by atoms with E-state index in [2.05, 4.69) is 15.1 Å². The van der Waals surface area contributed by atoms with E-state index in [1.807, 2.05) is 49.3 Å². The number of hydrogen-bond donors (Lipinski definition) is 1. The molecule has 1 aliphatic rings. The van der Waals surface area contributed by atoms with Crippen molar-refractivity contribution in [2.24, 2.45) is 0 Å². The number of aromatic nitrogens is 2. The summed E-state index contributed by atoms with van der Waals surface area (Å²) in [4.78, 5) is 27.7. The first-order valence-corrected chi connectivity index (χ1v) is 9.81. The van der Waals surface area contributed by atoms with Crippen LogP contribution < -0.4 is 0 Å². The lowest BCUT2D eigenvalue weighted by atomic mass is 9.96. The number of nitro benzene ring substituents is 1. The third-order valence-electron chi connectivity index (χ3n) is 5.34. The van der Waals surface area contributed by atoms with Crippen molar-refractivity contribution in [3.05, 3.63) is 81.5 Å². The number of carbonyl (C=O) groups is 1. The minimum Gasteiger partial charge on any atom is -0.326 e. The second-order valence-electron chi connectivity index (χ2n) is 7.63. The molecule has 1 unspecified atom stereocenters. The minimum absolute atomic E-state index is 0.0203. The monoisotopic (exact) mass is 405 g/mol. The number of aromatic amines is 1. The Morgan fingerprint density at radius 2 is 1.83 bits per heavy atom. The largest absolute Gasteiger partial charge is 0.326 e. The van der Waals surface area contributed by atoms with Gasteiger partial charge in [-0.25, -0.2) is 0 Å². The van der Waals surface area contributed by atoms with Crippen molar-refractivity contribution in [3.8, 4) is 11.3 Å². The van der Waals surface area contributed by atoms with Crippen LogP contribution in [-0.4, -0.2) is 58.0 Å². The molecule has 0 fully saturated rings. The van der Waals surface area contributed by atoms with Gasteiger partial charge in [0.25, 0.3) is 11.6 Å². The molecule has 0 bridgehead atoms. The standard InChI is InChI=1S/C22H23N5O3/c1-25(2)13-6-14-26-21(16-7-4-3-5-8-16)18-19(23-24-20(18)22(26)28)15-9-11-17(12-10-15)27(29)30/h3-5,7-12,21H,6,13-14H2,1-2H3,(H,23,24). The van der Waals surface area contributed by atoms with Crippen LogP contribution in [0.15, 0.2) is 54.6 Å². The lowest BCUT2D eigenvalue weighted by Crippen LogP contribution is -2.32. The Balaban J connectivity index is 1.75. The number of nitro groups is 1. The highest BCUT2D eigenvalue weighted by molar-refractivity contribution is 6.00. The van der Waals surface area contributed by atoms with Gasteiger partial charge in [-0.1, -0.05) is 30.3 Å². The molecule has 1 amide bonds. The number of amides is 1. The van der Waals surface area contributed by atoms with E-state index in [0.717, 1.165) is 29.7 Å². The Labute approximate surface area is 174 Å². The van der Waals surface area contributed by atoms with E-state index < -0.39 is 4.92 Å². The van der Waals surface area contributed by atoms with Crippen molar-refractivity contribution in [3.63, 3.8) is 0 Å². The quantitative estimate of drug-likeness (QED) is 0.480. The van der Waals surface area contributed by atoms with Crippen LogP contribution >= 0.6 is 0 Å². The van der Waals surface area contributed by atoms with Gasteiger partial charge in [-0.15, -0.1) is 0 Å². The zero-order valence-electron chi connectivity index (χ0n) is 16.9. The molecule has 0 radical (unpaired) electrons. The maximum atomic E-state index is 13.2. The van der Waals surface area contributed by atoms with Crippen LogP contribution in [0.1, 0.15) is 34.1 Å². The van der Waals surface area contributed by atoms with Gasteiger partial charge in [-0.3, -0.25) is 20.0 Å². The smallest absolute Gasteiger partial charge is 0.273 e.